The highest BCUT2D eigenvalue weighted by atomic mass is 16.6. The number of anilines is 2. The Morgan fingerprint density at radius 1 is 1.26 bits per heavy atom. The summed E-state index contributed by atoms with van der Waals surface area (Å²) in [6.07, 6.45) is 1.86. The van der Waals surface area contributed by atoms with Crippen LogP contribution in [0.25, 0.3) is 10.9 Å². The fourth-order valence-corrected chi connectivity index (χ4v) is 3.70. The average Bonchev–Trinajstić information content (AvgIpc) is 2.77. The van der Waals surface area contributed by atoms with E-state index in [0.29, 0.717) is 36.4 Å². The molecule has 1 atom stereocenters. The molecule has 0 radical (unpaired) electrons. The number of nitro benzene ring substituents is 1. The summed E-state index contributed by atoms with van der Waals surface area (Å²) in [5.74, 6) is 0.710. The van der Waals surface area contributed by atoms with Crippen molar-refractivity contribution < 1.29 is 14.4 Å². The summed E-state index contributed by atoms with van der Waals surface area (Å²) in [5.41, 5.74) is 2.41. The van der Waals surface area contributed by atoms with Crippen LogP contribution in [0.5, 0.6) is 5.75 Å². The molecule has 2 aromatic carbocycles. The molecule has 0 saturated carbocycles. The summed E-state index contributed by atoms with van der Waals surface area (Å²) in [7, 11) is 0. The third-order valence-electron chi connectivity index (χ3n) is 5.26. The monoisotopic (exact) mass is 423 g/mol. The zero-order valence-electron chi connectivity index (χ0n) is 17.6. The maximum Gasteiger partial charge on any atom is 0.311 e. The Labute approximate surface area is 180 Å². The van der Waals surface area contributed by atoms with Crippen LogP contribution < -0.4 is 10.1 Å². The fraction of sp³-hybridized carbons (Fsp3) is 0.364. The Balaban J connectivity index is 1.70. The predicted molar refractivity (Wildman–Crippen MR) is 118 cm³/mol. The molecule has 4 rings (SSSR count). The largest absolute Gasteiger partial charge is 0.468 e. The number of hydrogen-bond donors (Lipinski definition) is 1. The van der Waals surface area contributed by atoms with Crippen molar-refractivity contribution in [2.24, 2.45) is 0 Å². The summed E-state index contributed by atoms with van der Waals surface area (Å²) >= 11 is 0. The number of benzene rings is 2. The topological polar surface area (TPSA) is 103 Å². The van der Waals surface area contributed by atoms with Gasteiger partial charge in [-0.1, -0.05) is 19.1 Å². The Bertz CT molecular complexity index is 1080. The van der Waals surface area contributed by atoms with E-state index in [2.05, 4.69) is 20.2 Å². The van der Waals surface area contributed by atoms with Gasteiger partial charge in [-0.3, -0.25) is 15.0 Å². The van der Waals surface area contributed by atoms with Gasteiger partial charge < -0.3 is 14.8 Å². The maximum atomic E-state index is 11.9. The van der Waals surface area contributed by atoms with Crippen molar-refractivity contribution >= 4 is 28.1 Å². The van der Waals surface area contributed by atoms with Crippen LogP contribution in [-0.2, 0) is 4.74 Å². The van der Waals surface area contributed by atoms with E-state index in [-0.39, 0.29) is 17.7 Å². The van der Waals surface area contributed by atoms with Gasteiger partial charge in [0.25, 0.3) is 0 Å². The van der Waals surface area contributed by atoms with E-state index in [4.69, 9.17) is 9.47 Å². The molecule has 0 aliphatic carbocycles. The number of fused-ring (bicyclic) bond motifs is 1. The fourth-order valence-electron chi connectivity index (χ4n) is 3.70. The molecule has 9 nitrogen and oxygen atoms in total. The lowest BCUT2D eigenvalue weighted by Gasteiger charge is -2.33. The minimum atomic E-state index is -0.426. The lowest BCUT2D eigenvalue weighted by atomic mass is 10.1. The van der Waals surface area contributed by atoms with Crippen LogP contribution >= 0.6 is 0 Å². The first-order valence-corrected chi connectivity index (χ1v) is 10.3. The van der Waals surface area contributed by atoms with Crippen molar-refractivity contribution in [3.8, 4) is 5.75 Å². The van der Waals surface area contributed by atoms with Gasteiger partial charge in [-0.25, -0.2) is 9.97 Å². The van der Waals surface area contributed by atoms with Crippen molar-refractivity contribution in [1.82, 2.24) is 14.9 Å². The van der Waals surface area contributed by atoms with Crippen LogP contribution in [0.2, 0.25) is 0 Å². The van der Waals surface area contributed by atoms with Gasteiger partial charge in [0.2, 0.25) is 5.75 Å². The second-order valence-corrected chi connectivity index (χ2v) is 7.44. The van der Waals surface area contributed by atoms with E-state index >= 15 is 0 Å². The molecule has 3 aromatic rings. The van der Waals surface area contributed by atoms with E-state index in [0.717, 1.165) is 24.3 Å². The number of ether oxygens (including phenoxy) is 2. The van der Waals surface area contributed by atoms with Crippen molar-refractivity contribution in [3.63, 3.8) is 0 Å². The molecule has 162 valence electrons. The van der Waals surface area contributed by atoms with Crippen molar-refractivity contribution in [1.29, 1.82) is 0 Å². The molecule has 1 fully saturated rings. The Morgan fingerprint density at radius 2 is 2.06 bits per heavy atom. The molecule has 0 bridgehead atoms. The number of aryl methyl sites for hydroxylation is 1. The second kappa shape index (κ2) is 9.23. The highest BCUT2D eigenvalue weighted by molar-refractivity contribution is 5.93. The molecule has 0 amide bonds. The summed E-state index contributed by atoms with van der Waals surface area (Å²) in [6.45, 7) is 6.70. The van der Waals surface area contributed by atoms with Crippen LogP contribution in [0.1, 0.15) is 18.9 Å². The SMILES string of the molecule is CCC(Oc1cc2ncnc(Nc3cccc(C)c3)c2cc1[N+](=O)[O-])N1CCOCC1. The number of nitrogens with one attached hydrogen (secondary N) is 1. The first-order chi connectivity index (χ1) is 15.0. The Hall–Kier alpha value is -3.30. The minimum Gasteiger partial charge on any atom is -0.468 e. The van der Waals surface area contributed by atoms with Gasteiger partial charge in [-0.15, -0.1) is 0 Å². The molecule has 1 aromatic heterocycles. The van der Waals surface area contributed by atoms with Gasteiger partial charge in [0.15, 0.2) is 6.23 Å². The molecule has 1 N–H and O–H groups in total. The van der Waals surface area contributed by atoms with E-state index in [9.17, 15) is 10.1 Å². The van der Waals surface area contributed by atoms with Crippen molar-refractivity contribution in [2.45, 2.75) is 26.5 Å². The smallest absolute Gasteiger partial charge is 0.311 e. The molecule has 1 aliphatic rings. The normalized spacial score (nSPS) is 15.5. The quantitative estimate of drug-likeness (QED) is 0.449. The third-order valence-corrected chi connectivity index (χ3v) is 5.26. The van der Waals surface area contributed by atoms with Gasteiger partial charge >= 0.3 is 5.69 Å². The molecule has 31 heavy (non-hydrogen) atoms. The highest BCUT2D eigenvalue weighted by Gasteiger charge is 2.26. The highest BCUT2D eigenvalue weighted by Crippen LogP contribution is 2.35. The zero-order valence-corrected chi connectivity index (χ0v) is 17.6. The van der Waals surface area contributed by atoms with E-state index in [1.165, 1.54) is 12.4 Å². The summed E-state index contributed by atoms with van der Waals surface area (Å²) in [4.78, 5) is 22.2. The van der Waals surface area contributed by atoms with E-state index in [1.54, 1.807) is 6.07 Å². The predicted octanol–water partition coefficient (Wildman–Crippen LogP) is 4.04. The van der Waals surface area contributed by atoms with Crippen LogP contribution in [0.3, 0.4) is 0 Å². The molecular formula is C22H25N5O4. The lowest BCUT2D eigenvalue weighted by Crippen LogP contribution is -2.46. The van der Waals surface area contributed by atoms with Crippen LogP contribution in [-0.4, -0.2) is 52.3 Å². The maximum absolute atomic E-state index is 11.9. The average molecular weight is 423 g/mol. The third kappa shape index (κ3) is 4.73. The summed E-state index contributed by atoms with van der Waals surface area (Å²) in [6, 6.07) is 10.9. The number of aromatic nitrogens is 2. The van der Waals surface area contributed by atoms with Gasteiger partial charge in [-0.05, 0) is 31.0 Å². The van der Waals surface area contributed by atoms with Gasteiger partial charge in [0.05, 0.1) is 29.0 Å². The van der Waals surface area contributed by atoms with Crippen LogP contribution in [0.15, 0.2) is 42.7 Å². The Morgan fingerprint density at radius 3 is 2.77 bits per heavy atom. The van der Waals surface area contributed by atoms with E-state index in [1.807, 2.05) is 38.1 Å². The van der Waals surface area contributed by atoms with Gasteiger partial charge in [0.1, 0.15) is 12.1 Å². The lowest BCUT2D eigenvalue weighted by molar-refractivity contribution is -0.386. The second-order valence-electron chi connectivity index (χ2n) is 7.44. The molecule has 1 saturated heterocycles. The molecule has 9 heteroatoms. The van der Waals surface area contributed by atoms with Crippen molar-refractivity contribution in [3.05, 3.63) is 58.4 Å². The summed E-state index contributed by atoms with van der Waals surface area (Å²) in [5, 5.41) is 15.7. The van der Waals surface area contributed by atoms with Crippen molar-refractivity contribution in [2.75, 3.05) is 31.6 Å². The number of rotatable bonds is 7. The molecular weight excluding hydrogens is 398 g/mol. The summed E-state index contributed by atoms with van der Waals surface area (Å²) < 4.78 is 11.5. The first kappa shape index (κ1) is 21.0. The van der Waals surface area contributed by atoms with Crippen LogP contribution in [0, 0.1) is 17.0 Å². The zero-order chi connectivity index (χ0) is 21.8. The standard InChI is InChI=1S/C22H25N5O4/c1-3-21(26-7-9-30-10-8-26)31-20-13-18-17(12-19(20)27(28)29)22(24-14-23-18)25-16-6-4-5-15(2)11-16/h4-6,11-14,21H,3,7-10H2,1-2H3,(H,23,24,25). The number of nitro groups is 1. The van der Waals surface area contributed by atoms with Gasteiger partial charge in [0, 0.05) is 30.9 Å². The molecule has 1 unspecified atom stereocenters. The van der Waals surface area contributed by atoms with E-state index < -0.39 is 4.92 Å². The molecule has 1 aliphatic heterocycles. The molecule has 2 heterocycles. The van der Waals surface area contributed by atoms with Gasteiger partial charge in [-0.2, -0.15) is 0 Å². The number of hydrogen-bond acceptors (Lipinski definition) is 8. The first-order valence-electron chi connectivity index (χ1n) is 10.3. The molecule has 0 spiro atoms. The number of morpholine rings is 1. The number of nitrogens with zero attached hydrogens (tertiary/aromatic N) is 4. The van der Waals surface area contributed by atoms with Crippen LogP contribution in [0.4, 0.5) is 17.2 Å². The Kier molecular flexibility index (Phi) is 6.24. The minimum absolute atomic E-state index is 0.110.